The van der Waals surface area contributed by atoms with Crippen LogP contribution in [-0.2, 0) is 21.1 Å². The molecule has 3 aromatic rings. The summed E-state index contributed by atoms with van der Waals surface area (Å²) >= 11 is -2.46. The van der Waals surface area contributed by atoms with Crippen LogP contribution in [0.25, 0.3) is 10.9 Å². The molecule has 1 aromatic heterocycles. The number of ether oxygens (including phenoxy) is 1. The average Bonchev–Trinajstić information content (AvgIpc) is 2.95. The normalized spacial score (nSPS) is 13.1. The van der Waals surface area contributed by atoms with Crippen molar-refractivity contribution in [3.05, 3.63) is 54.6 Å². The second kappa shape index (κ2) is 5.80. The van der Waals surface area contributed by atoms with Gasteiger partial charge in [0.2, 0.25) is 11.1 Å². The van der Waals surface area contributed by atoms with Crippen molar-refractivity contribution in [2.24, 2.45) is 0 Å². The molecule has 1 unspecified atom stereocenters. The molecule has 23 heavy (non-hydrogen) atoms. The number of aromatic nitrogens is 1. The van der Waals surface area contributed by atoms with Crippen LogP contribution in [0.15, 0.2) is 64.5 Å². The lowest BCUT2D eigenvalue weighted by Crippen LogP contribution is -2.16. The topological polar surface area (TPSA) is 85.6 Å². The lowest BCUT2D eigenvalue weighted by Gasteiger charge is -2.10. The summed E-state index contributed by atoms with van der Waals surface area (Å²) in [6.07, 6.45) is 0. The van der Waals surface area contributed by atoms with Gasteiger partial charge in [-0.1, -0.05) is 18.2 Å². The van der Waals surface area contributed by atoms with E-state index in [1.165, 1.54) is 25.3 Å². The van der Waals surface area contributed by atoms with Crippen LogP contribution in [0.4, 0.5) is 0 Å². The zero-order valence-corrected chi connectivity index (χ0v) is 13.7. The summed E-state index contributed by atoms with van der Waals surface area (Å²) in [6.45, 7) is 0. The summed E-state index contributed by atoms with van der Waals surface area (Å²) in [7, 11) is -2.50. The molecule has 0 amide bonds. The molecular weight excluding hydrogens is 338 g/mol. The van der Waals surface area contributed by atoms with Gasteiger partial charge in [0.1, 0.15) is 10.8 Å². The van der Waals surface area contributed by atoms with Gasteiger partial charge in [0.25, 0.3) is 10.0 Å². The summed E-state index contributed by atoms with van der Waals surface area (Å²) in [5, 5.41) is 0.290. The van der Waals surface area contributed by atoms with Crippen LogP contribution in [0.5, 0.6) is 5.75 Å². The molecule has 0 aliphatic heterocycles. The molecule has 0 saturated carbocycles. The second-order valence-corrected chi connectivity index (χ2v) is 7.44. The summed E-state index contributed by atoms with van der Waals surface area (Å²) in [4.78, 5) is 0.0417. The van der Waals surface area contributed by atoms with Crippen LogP contribution in [0, 0.1) is 0 Å². The number of hydrogen-bond acceptors (Lipinski definition) is 4. The molecule has 0 bridgehead atoms. The van der Waals surface area contributed by atoms with Crippen molar-refractivity contribution in [2.45, 2.75) is 9.92 Å². The molecule has 0 fully saturated rings. The largest absolute Gasteiger partial charge is 0.497 e. The zero-order valence-electron chi connectivity index (χ0n) is 12.0. The van der Waals surface area contributed by atoms with Crippen molar-refractivity contribution >= 4 is 32.0 Å². The number of nitrogens with zero attached hydrogens (tertiary/aromatic N) is 1. The standard InChI is InChI=1S/C15H13NO5S2/c1-21-12-7-8-14-11(9-12)10-15(22(17)18)16(14)23(19,20)13-5-3-2-4-6-13/h2-10H,1H3,(H,17,18). The van der Waals surface area contributed by atoms with Crippen LogP contribution in [-0.4, -0.2) is 28.3 Å². The fourth-order valence-corrected chi connectivity index (χ4v) is 4.72. The van der Waals surface area contributed by atoms with Gasteiger partial charge in [-0.2, -0.15) is 0 Å². The smallest absolute Gasteiger partial charge is 0.269 e. The Morgan fingerprint density at radius 1 is 1.09 bits per heavy atom. The molecule has 0 aliphatic carbocycles. The summed E-state index contributed by atoms with van der Waals surface area (Å²) in [5.41, 5.74) is 0.312. The quantitative estimate of drug-likeness (QED) is 0.730. The predicted molar refractivity (Wildman–Crippen MR) is 86.6 cm³/mol. The third-order valence-corrected chi connectivity index (χ3v) is 5.91. The fraction of sp³-hybridized carbons (Fsp3) is 0.0667. The molecular formula is C15H13NO5S2. The summed E-state index contributed by atoms with van der Waals surface area (Å²) < 4.78 is 52.9. The van der Waals surface area contributed by atoms with Gasteiger partial charge in [-0.3, -0.25) is 0 Å². The van der Waals surface area contributed by atoms with Gasteiger partial charge >= 0.3 is 0 Å². The maximum atomic E-state index is 12.9. The van der Waals surface area contributed by atoms with E-state index in [0.29, 0.717) is 16.7 Å². The van der Waals surface area contributed by atoms with E-state index in [-0.39, 0.29) is 9.92 Å². The Hall–Kier alpha value is -2.16. The molecule has 6 nitrogen and oxygen atoms in total. The second-order valence-electron chi connectivity index (χ2n) is 4.74. The third-order valence-electron chi connectivity index (χ3n) is 3.39. The van der Waals surface area contributed by atoms with Crippen LogP contribution in [0.1, 0.15) is 0 Å². The Morgan fingerprint density at radius 2 is 1.78 bits per heavy atom. The Bertz CT molecular complexity index is 993. The minimum absolute atomic E-state index is 0.0417. The molecule has 2 aromatic carbocycles. The van der Waals surface area contributed by atoms with E-state index < -0.39 is 21.1 Å². The monoisotopic (exact) mass is 351 g/mol. The highest BCUT2D eigenvalue weighted by molar-refractivity contribution is 7.90. The molecule has 1 heterocycles. The number of fused-ring (bicyclic) bond motifs is 1. The van der Waals surface area contributed by atoms with Gasteiger partial charge in [0.15, 0.2) is 0 Å². The number of methoxy groups -OCH3 is 1. The van der Waals surface area contributed by atoms with E-state index in [2.05, 4.69) is 0 Å². The van der Waals surface area contributed by atoms with Gasteiger partial charge in [-0.05, 0) is 36.4 Å². The van der Waals surface area contributed by atoms with Gasteiger partial charge in [0.05, 0.1) is 17.5 Å². The van der Waals surface area contributed by atoms with Gasteiger partial charge in [0, 0.05) is 5.39 Å². The molecule has 0 aliphatic rings. The highest BCUT2D eigenvalue weighted by Crippen LogP contribution is 2.29. The molecule has 1 atom stereocenters. The SMILES string of the molecule is COc1ccc2c(c1)cc(S(=O)O)n2S(=O)(=O)c1ccccc1. The highest BCUT2D eigenvalue weighted by atomic mass is 32.2. The van der Waals surface area contributed by atoms with Gasteiger partial charge < -0.3 is 9.29 Å². The van der Waals surface area contributed by atoms with E-state index in [9.17, 15) is 17.2 Å². The fourth-order valence-electron chi connectivity index (χ4n) is 2.34. The van der Waals surface area contributed by atoms with Gasteiger partial charge in [-0.25, -0.2) is 16.6 Å². The first-order valence-electron chi connectivity index (χ1n) is 6.56. The van der Waals surface area contributed by atoms with Crippen LogP contribution in [0.3, 0.4) is 0 Å². The minimum atomic E-state index is -3.99. The molecule has 0 radical (unpaired) electrons. The lowest BCUT2D eigenvalue weighted by molar-refractivity contribution is 0.415. The number of rotatable bonds is 4. The number of hydrogen-bond donors (Lipinski definition) is 1. The van der Waals surface area contributed by atoms with Crippen molar-refractivity contribution in [3.63, 3.8) is 0 Å². The maximum Gasteiger partial charge on any atom is 0.269 e. The molecule has 3 rings (SSSR count). The number of benzene rings is 2. The molecule has 120 valence electrons. The molecule has 8 heteroatoms. The first-order valence-corrected chi connectivity index (χ1v) is 9.11. The van der Waals surface area contributed by atoms with Crippen LogP contribution in [0.2, 0.25) is 0 Å². The van der Waals surface area contributed by atoms with Crippen molar-refractivity contribution in [1.29, 1.82) is 0 Å². The van der Waals surface area contributed by atoms with Crippen molar-refractivity contribution in [1.82, 2.24) is 3.97 Å². The Labute approximate surface area is 135 Å². The molecule has 0 saturated heterocycles. The van der Waals surface area contributed by atoms with Gasteiger partial charge in [-0.15, -0.1) is 0 Å². The van der Waals surface area contributed by atoms with Crippen molar-refractivity contribution < 1.29 is 21.9 Å². The van der Waals surface area contributed by atoms with Crippen molar-refractivity contribution in [2.75, 3.05) is 7.11 Å². The van der Waals surface area contributed by atoms with Crippen molar-refractivity contribution in [3.8, 4) is 5.75 Å². The molecule has 1 N–H and O–H groups in total. The first-order chi connectivity index (χ1) is 10.9. The van der Waals surface area contributed by atoms with Crippen LogP contribution < -0.4 is 4.74 Å². The molecule has 0 spiro atoms. The Morgan fingerprint density at radius 3 is 2.39 bits per heavy atom. The Balaban J connectivity index is 2.36. The van der Waals surface area contributed by atoms with E-state index in [0.717, 1.165) is 3.97 Å². The lowest BCUT2D eigenvalue weighted by atomic mass is 10.2. The zero-order chi connectivity index (χ0) is 16.6. The Kier molecular flexibility index (Phi) is 3.97. The van der Waals surface area contributed by atoms with Crippen LogP contribution >= 0.6 is 0 Å². The van der Waals surface area contributed by atoms with E-state index in [1.807, 2.05) is 0 Å². The maximum absolute atomic E-state index is 12.9. The highest BCUT2D eigenvalue weighted by Gasteiger charge is 2.25. The minimum Gasteiger partial charge on any atom is -0.497 e. The van der Waals surface area contributed by atoms with E-state index >= 15 is 0 Å². The van der Waals surface area contributed by atoms with E-state index in [1.54, 1.807) is 36.4 Å². The van der Waals surface area contributed by atoms with E-state index in [4.69, 9.17) is 4.74 Å². The average molecular weight is 351 g/mol. The first kappa shape index (κ1) is 15.7. The predicted octanol–water partition coefficient (Wildman–Crippen LogP) is 2.47. The third kappa shape index (κ3) is 2.65. The summed E-state index contributed by atoms with van der Waals surface area (Å²) in [6, 6.07) is 13.9. The summed E-state index contributed by atoms with van der Waals surface area (Å²) in [5.74, 6) is 0.530.